The minimum Gasteiger partial charge on any atom is -0.481 e. The Labute approximate surface area is 136 Å². The number of aliphatic carboxylic acids is 1. The molecule has 0 aliphatic heterocycles. The molecular weight excluding hydrogens is 292 g/mol. The Balaban J connectivity index is 1.76. The van der Waals surface area contributed by atoms with Crippen LogP contribution in [0.1, 0.15) is 12.8 Å². The molecule has 1 amide bonds. The molecule has 23 heavy (non-hydrogen) atoms. The van der Waals surface area contributed by atoms with Crippen LogP contribution in [0.2, 0.25) is 0 Å². The Morgan fingerprint density at radius 2 is 1.61 bits per heavy atom. The van der Waals surface area contributed by atoms with Crippen molar-refractivity contribution in [2.45, 2.75) is 12.8 Å². The van der Waals surface area contributed by atoms with E-state index in [0.29, 0.717) is 5.69 Å². The molecule has 122 valence electrons. The number of hydrogen-bond acceptors (Lipinski definition) is 3. The van der Waals surface area contributed by atoms with Gasteiger partial charge in [0, 0.05) is 25.5 Å². The number of carboxylic acids is 1. The zero-order chi connectivity index (χ0) is 16.6. The fourth-order valence-corrected chi connectivity index (χ4v) is 3.76. The van der Waals surface area contributed by atoms with E-state index in [9.17, 15) is 14.7 Å². The predicted octanol–water partition coefficient (Wildman–Crippen LogP) is 2.60. The van der Waals surface area contributed by atoms with Gasteiger partial charge in [-0.25, -0.2) is 0 Å². The number of hydrogen-bond donors (Lipinski definition) is 2. The van der Waals surface area contributed by atoms with Crippen molar-refractivity contribution in [2.24, 2.45) is 23.7 Å². The lowest BCUT2D eigenvalue weighted by Gasteiger charge is -2.41. The Bertz CT molecular complexity index is 636. The van der Waals surface area contributed by atoms with Crippen molar-refractivity contribution in [2.75, 3.05) is 24.3 Å². The van der Waals surface area contributed by atoms with E-state index in [2.05, 4.69) is 5.32 Å². The molecule has 0 heterocycles. The highest BCUT2D eigenvalue weighted by Gasteiger charge is 2.48. The van der Waals surface area contributed by atoms with Crippen molar-refractivity contribution in [3.05, 3.63) is 36.4 Å². The van der Waals surface area contributed by atoms with Crippen LogP contribution in [0.25, 0.3) is 0 Å². The van der Waals surface area contributed by atoms with Gasteiger partial charge in [-0.2, -0.15) is 0 Å². The zero-order valence-corrected chi connectivity index (χ0v) is 13.4. The third-order valence-corrected chi connectivity index (χ3v) is 4.99. The second-order valence-electron chi connectivity index (χ2n) is 6.61. The maximum atomic E-state index is 12.7. The van der Waals surface area contributed by atoms with Crippen LogP contribution in [0.15, 0.2) is 36.4 Å². The second kappa shape index (κ2) is 6.07. The number of carbonyl (C=O) groups is 2. The summed E-state index contributed by atoms with van der Waals surface area (Å²) in [6, 6.07) is 7.55. The molecular formula is C18H22N2O3. The minimum absolute atomic E-state index is 0.0237. The summed E-state index contributed by atoms with van der Waals surface area (Å²) >= 11 is 0. The number of benzene rings is 1. The zero-order valence-electron chi connectivity index (χ0n) is 13.4. The SMILES string of the molecule is CN(C)c1ccc(NC(=O)C2C3C=CC(CC3)C2C(=O)O)cc1. The van der Waals surface area contributed by atoms with Gasteiger partial charge in [0.2, 0.25) is 5.91 Å². The highest BCUT2D eigenvalue weighted by molar-refractivity contribution is 5.96. The first-order valence-electron chi connectivity index (χ1n) is 7.97. The van der Waals surface area contributed by atoms with Gasteiger partial charge < -0.3 is 15.3 Å². The highest BCUT2D eigenvalue weighted by atomic mass is 16.4. The van der Waals surface area contributed by atoms with Gasteiger partial charge >= 0.3 is 5.97 Å². The van der Waals surface area contributed by atoms with E-state index in [1.165, 1.54) is 0 Å². The smallest absolute Gasteiger partial charge is 0.307 e. The molecule has 0 aromatic heterocycles. The second-order valence-corrected chi connectivity index (χ2v) is 6.61. The summed E-state index contributed by atoms with van der Waals surface area (Å²) in [6.07, 6.45) is 5.75. The van der Waals surface area contributed by atoms with Crippen LogP contribution in [-0.2, 0) is 9.59 Å². The lowest BCUT2D eigenvalue weighted by molar-refractivity contribution is -0.151. The van der Waals surface area contributed by atoms with E-state index < -0.39 is 17.8 Å². The van der Waals surface area contributed by atoms with Crippen LogP contribution in [0.4, 0.5) is 11.4 Å². The van der Waals surface area contributed by atoms with Gasteiger partial charge in [0.1, 0.15) is 0 Å². The third-order valence-electron chi connectivity index (χ3n) is 4.99. The molecule has 3 aliphatic rings. The van der Waals surface area contributed by atoms with Crippen molar-refractivity contribution in [3.8, 4) is 0 Å². The number of nitrogens with one attached hydrogen (secondary N) is 1. The third kappa shape index (κ3) is 2.96. The van der Waals surface area contributed by atoms with E-state index in [-0.39, 0.29) is 17.7 Å². The number of nitrogens with zero attached hydrogens (tertiary/aromatic N) is 1. The fourth-order valence-electron chi connectivity index (χ4n) is 3.76. The maximum absolute atomic E-state index is 12.7. The van der Waals surface area contributed by atoms with E-state index >= 15 is 0 Å². The van der Waals surface area contributed by atoms with Gasteiger partial charge in [0.25, 0.3) is 0 Å². The molecule has 2 bridgehead atoms. The molecule has 5 nitrogen and oxygen atoms in total. The molecule has 1 aromatic rings. The quantitative estimate of drug-likeness (QED) is 0.838. The summed E-state index contributed by atoms with van der Waals surface area (Å²) in [5, 5.41) is 12.4. The van der Waals surface area contributed by atoms with Crippen LogP contribution in [0.3, 0.4) is 0 Å². The Kier molecular flexibility index (Phi) is 4.11. The maximum Gasteiger partial charge on any atom is 0.307 e. The number of allylic oxidation sites excluding steroid dienone is 2. The Morgan fingerprint density at radius 1 is 1.04 bits per heavy atom. The topological polar surface area (TPSA) is 69.6 Å². The summed E-state index contributed by atoms with van der Waals surface area (Å²) in [5.74, 6) is -2.14. The summed E-state index contributed by atoms with van der Waals surface area (Å²) in [4.78, 5) is 26.3. The standard InChI is InChI=1S/C18H22N2O3/c1-20(2)14-9-7-13(8-10-14)19-17(21)15-11-3-5-12(6-4-11)16(15)18(22)23/h3,5,7-12,15-16H,4,6H2,1-2H3,(H,19,21)(H,22,23). The first-order chi connectivity index (χ1) is 11.0. The van der Waals surface area contributed by atoms with E-state index in [0.717, 1.165) is 18.5 Å². The van der Waals surface area contributed by atoms with Crippen LogP contribution in [0, 0.1) is 23.7 Å². The lowest BCUT2D eigenvalue weighted by atomic mass is 9.62. The normalized spacial score (nSPS) is 28.4. The van der Waals surface area contributed by atoms with Gasteiger partial charge in [-0.05, 0) is 48.9 Å². The van der Waals surface area contributed by atoms with Crippen molar-refractivity contribution in [1.29, 1.82) is 0 Å². The first kappa shape index (κ1) is 15.6. The van der Waals surface area contributed by atoms with Crippen molar-refractivity contribution >= 4 is 23.3 Å². The molecule has 3 aliphatic carbocycles. The first-order valence-corrected chi connectivity index (χ1v) is 7.97. The molecule has 2 N–H and O–H groups in total. The molecule has 1 saturated carbocycles. The van der Waals surface area contributed by atoms with Gasteiger partial charge in [-0.3, -0.25) is 9.59 Å². The average Bonchev–Trinajstić information content (AvgIpc) is 2.55. The monoisotopic (exact) mass is 314 g/mol. The van der Waals surface area contributed by atoms with Gasteiger partial charge in [-0.15, -0.1) is 0 Å². The van der Waals surface area contributed by atoms with Gasteiger partial charge in [-0.1, -0.05) is 12.2 Å². The van der Waals surface area contributed by atoms with Crippen LogP contribution in [-0.4, -0.2) is 31.1 Å². The van der Waals surface area contributed by atoms with Gasteiger partial charge in [0.05, 0.1) is 11.8 Å². The number of carboxylic acid groups (broad SMARTS) is 1. The summed E-state index contributed by atoms with van der Waals surface area (Å²) in [7, 11) is 3.91. The fraction of sp³-hybridized carbons (Fsp3) is 0.444. The number of amides is 1. The molecule has 4 atom stereocenters. The lowest BCUT2D eigenvalue weighted by Crippen LogP contribution is -2.47. The Morgan fingerprint density at radius 3 is 2.09 bits per heavy atom. The molecule has 0 radical (unpaired) electrons. The molecule has 0 saturated heterocycles. The molecule has 0 spiro atoms. The molecule has 5 heteroatoms. The average molecular weight is 314 g/mol. The number of anilines is 2. The Hall–Kier alpha value is -2.30. The molecule has 1 fully saturated rings. The number of rotatable bonds is 4. The molecule has 4 rings (SSSR count). The molecule has 1 aromatic carbocycles. The summed E-state index contributed by atoms with van der Waals surface area (Å²) in [5.41, 5.74) is 1.75. The van der Waals surface area contributed by atoms with E-state index in [4.69, 9.17) is 0 Å². The predicted molar refractivity (Wildman–Crippen MR) is 89.4 cm³/mol. The van der Waals surface area contributed by atoms with Crippen molar-refractivity contribution < 1.29 is 14.7 Å². The van der Waals surface area contributed by atoms with Crippen LogP contribution < -0.4 is 10.2 Å². The summed E-state index contributed by atoms with van der Waals surface area (Å²) < 4.78 is 0. The van der Waals surface area contributed by atoms with E-state index in [1.807, 2.05) is 55.4 Å². The number of carbonyl (C=O) groups excluding carboxylic acids is 1. The van der Waals surface area contributed by atoms with Crippen molar-refractivity contribution in [1.82, 2.24) is 0 Å². The van der Waals surface area contributed by atoms with Crippen LogP contribution >= 0.6 is 0 Å². The minimum atomic E-state index is -0.868. The largest absolute Gasteiger partial charge is 0.481 e. The van der Waals surface area contributed by atoms with E-state index in [1.54, 1.807) is 0 Å². The highest BCUT2D eigenvalue weighted by Crippen LogP contribution is 2.45. The van der Waals surface area contributed by atoms with Crippen molar-refractivity contribution in [3.63, 3.8) is 0 Å². The van der Waals surface area contributed by atoms with Gasteiger partial charge in [0.15, 0.2) is 0 Å². The number of fused-ring (bicyclic) bond motifs is 2. The molecule has 4 unspecified atom stereocenters. The van der Waals surface area contributed by atoms with Crippen LogP contribution in [0.5, 0.6) is 0 Å². The summed E-state index contributed by atoms with van der Waals surface area (Å²) in [6.45, 7) is 0.